The second kappa shape index (κ2) is 4.09. The molecule has 0 bridgehead atoms. The Bertz CT molecular complexity index is 471. The third-order valence-corrected chi connectivity index (χ3v) is 2.70. The fourth-order valence-electron chi connectivity index (χ4n) is 1.27. The quantitative estimate of drug-likeness (QED) is 0.800. The second-order valence-corrected chi connectivity index (χ2v) is 3.83. The molecule has 0 aliphatic carbocycles. The molecule has 1 N–H and O–H groups in total. The van der Waals surface area contributed by atoms with E-state index in [0.29, 0.717) is 16.3 Å². The van der Waals surface area contributed by atoms with Gasteiger partial charge in [-0.1, -0.05) is 53.5 Å². The van der Waals surface area contributed by atoms with Gasteiger partial charge in [0.15, 0.2) is 0 Å². The van der Waals surface area contributed by atoms with Crippen molar-refractivity contribution in [1.82, 2.24) is 4.98 Å². The molecule has 0 unspecified atom stereocenters. The predicted octanol–water partition coefficient (Wildman–Crippen LogP) is 3.55. The highest BCUT2D eigenvalue weighted by Crippen LogP contribution is 2.23. The first kappa shape index (κ1) is 10.3. The maximum Gasteiger partial charge on any atom is 0.209 e. The summed E-state index contributed by atoms with van der Waals surface area (Å²) in [6.07, 6.45) is 0. The Kier molecular flexibility index (Phi) is 2.80. The van der Waals surface area contributed by atoms with Crippen LogP contribution in [0, 0.1) is 0 Å². The van der Waals surface area contributed by atoms with E-state index in [2.05, 4.69) is 4.98 Å². The normalized spacial score (nSPS) is 10.3. The van der Waals surface area contributed by atoms with Gasteiger partial charge in [0.25, 0.3) is 0 Å². The topological polar surface area (TPSA) is 32.9 Å². The maximum atomic E-state index is 11.9. The summed E-state index contributed by atoms with van der Waals surface area (Å²) in [6, 6.07) is 10.5. The highest BCUT2D eigenvalue weighted by atomic mass is 35.5. The fraction of sp³-hybridized carbons (Fsp3) is 0. The van der Waals surface area contributed by atoms with Gasteiger partial charge in [0.1, 0.15) is 5.15 Å². The van der Waals surface area contributed by atoms with Crippen molar-refractivity contribution in [2.75, 3.05) is 0 Å². The largest absolute Gasteiger partial charge is 0.342 e. The minimum Gasteiger partial charge on any atom is -0.342 e. The van der Waals surface area contributed by atoms with Gasteiger partial charge in [-0.15, -0.1) is 0 Å². The number of rotatable bonds is 2. The summed E-state index contributed by atoms with van der Waals surface area (Å²) in [5, 5.41) is 0.645. The minimum atomic E-state index is -0.121. The monoisotopic (exact) mass is 239 g/mol. The molecule has 0 saturated heterocycles. The van der Waals surface area contributed by atoms with Crippen LogP contribution in [0.5, 0.6) is 0 Å². The lowest BCUT2D eigenvalue weighted by Gasteiger charge is -1.96. The number of hydrogen-bond donors (Lipinski definition) is 1. The zero-order chi connectivity index (χ0) is 10.8. The summed E-state index contributed by atoms with van der Waals surface area (Å²) < 4.78 is 0. The number of aromatic nitrogens is 1. The van der Waals surface area contributed by atoms with Crippen molar-refractivity contribution >= 4 is 29.0 Å². The van der Waals surface area contributed by atoms with Gasteiger partial charge >= 0.3 is 0 Å². The molecule has 2 rings (SSSR count). The van der Waals surface area contributed by atoms with Gasteiger partial charge in [-0.25, -0.2) is 0 Å². The molecular formula is C11H7Cl2NO. The average molecular weight is 240 g/mol. The third-order valence-electron chi connectivity index (χ3n) is 2.01. The second-order valence-electron chi connectivity index (χ2n) is 3.04. The Labute approximate surface area is 96.8 Å². The molecule has 0 saturated carbocycles. The van der Waals surface area contributed by atoms with E-state index in [1.165, 1.54) is 6.07 Å². The van der Waals surface area contributed by atoms with Crippen LogP contribution in [0.25, 0.3) is 0 Å². The molecule has 1 aromatic heterocycles. The van der Waals surface area contributed by atoms with Gasteiger partial charge < -0.3 is 4.98 Å². The van der Waals surface area contributed by atoms with E-state index in [-0.39, 0.29) is 10.9 Å². The van der Waals surface area contributed by atoms with Crippen LogP contribution in [0.2, 0.25) is 10.2 Å². The molecule has 0 radical (unpaired) electrons. The summed E-state index contributed by atoms with van der Waals surface area (Å²) in [5.74, 6) is -0.121. The molecule has 2 nitrogen and oxygen atoms in total. The molecule has 76 valence electrons. The lowest BCUT2D eigenvalue weighted by atomic mass is 10.1. The molecule has 0 amide bonds. The van der Waals surface area contributed by atoms with E-state index >= 15 is 0 Å². The summed E-state index contributed by atoms with van der Waals surface area (Å²) in [4.78, 5) is 14.6. The summed E-state index contributed by atoms with van der Waals surface area (Å²) in [5.41, 5.74) is 1.00. The number of aromatic amines is 1. The number of benzene rings is 1. The number of halogens is 2. The molecule has 1 aromatic carbocycles. The first-order valence-electron chi connectivity index (χ1n) is 4.32. The first-order valence-corrected chi connectivity index (χ1v) is 5.08. The summed E-state index contributed by atoms with van der Waals surface area (Å²) in [6.45, 7) is 0. The highest BCUT2D eigenvalue weighted by Gasteiger charge is 2.12. The van der Waals surface area contributed by atoms with Crippen molar-refractivity contribution in [1.29, 1.82) is 0 Å². The van der Waals surface area contributed by atoms with Crippen molar-refractivity contribution in [3.05, 3.63) is 57.8 Å². The molecule has 4 heteroatoms. The van der Waals surface area contributed by atoms with E-state index in [4.69, 9.17) is 23.2 Å². The molecular weight excluding hydrogens is 233 g/mol. The van der Waals surface area contributed by atoms with Crippen LogP contribution in [-0.2, 0) is 0 Å². The first-order chi connectivity index (χ1) is 7.18. The average Bonchev–Trinajstić information content (AvgIpc) is 2.59. The lowest BCUT2D eigenvalue weighted by Crippen LogP contribution is -2.00. The zero-order valence-electron chi connectivity index (χ0n) is 7.63. The molecule has 2 aromatic rings. The lowest BCUT2D eigenvalue weighted by molar-refractivity contribution is 0.103. The highest BCUT2D eigenvalue weighted by molar-refractivity contribution is 6.41. The number of carbonyl (C=O) groups is 1. The van der Waals surface area contributed by atoms with Crippen LogP contribution in [0.4, 0.5) is 0 Å². The zero-order valence-corrected chi connectivity index (χ0v) is 9.14. The molecule has 15 heavy (non-hydrogen) atoms. The molecule has 0 aliphatic rings. The fourth-order valence-corrected chi connectivity index (χ4v) is 1.58. The van der Waals surface area contributed by atoms with Gasteiger partial charge in [-0.3, -0.25) is 4.79 Å². The Morgan fingerprint density at radius 1 is 1.13 bits per heavy atom. The number of hydrogen-bond acceptors (Lipinski definition) is 1. The van der Waals surface area contributed by atoms with Crippen LogP contribution < -0.4 is 0 Å². The maximum absolute atomic E-state index is 11.9. The Hall–Kier alpha value is -1.25. The van der Waals surface area contributed by atoms with E-state index < -0.39 is 0 Å². The number of nitrogens with one attached hydrogen (secondary N) is 1. The van der Waals surface area contributed by atoms with Gasteiger partial charge in [-0.2, -0.15) is 0 Å². The van der Waals surface area contributed by atoms with E-state index in [1.54, 1.807) is 24.3 Å². The molecule has 0 fully saturated rings. The Morgan fingerprint density at radius 2 is 1.80 bits per heavy atom. The van der Waals surface area contributed by atoms with E-state index in [9.17, 15) is 4.79 Å². The molecule has 0 atom stereocenters. The van der Waals surface area contributed by atoms with Crippen LogP contribution in [0.15, 0.2) is 36.4 Å². The van der Waals surface area contributed by atoms with Crippen molar-refractivity contribution in [3.63, 3.8) is 0 Å². The SMILES string of the molecule is O=C(c1ccccc1)c1cc(Cl)c(Cl)[nH]1. The number of ketones is 1. The van der Waals surface area contributed by atoms with Crippen LogP contribution in [0.1, 0.15) is 16.1 Å². The number of H-pyrrole nitrogens is 1. The number of carbonyl (C=O) groups excluding carboxylic acids is 1. The predicted molar refractivity (Wildman–Crippen MR) is 60.7 cm³/mol. The molecule has 1 heterocycles. The molecule has 0 aliphatic heterocycles. The molecule has 0 spiro atoms. The van der Waals surface area contributed by atoms with Gasteiger partial charge in [-0.05, 0) is 6.07 Å². The Balaban J connectivity index is 2.37. The minimum absolute atomic E-state index is 0.121. The van der Waals surface area contributed by atoms with Gasteiger partial charge in [0, 0.05) is 5.56 Å². The van der Waals surface area contributed by atoms with Crippen LogP contribution >= 0.6 is 23.2 Å². The van der Waals surface area contributed by atoms with Crippen molar-refractivity contribution in [3.8, 4) is 0 Å². The smallest absolute Gasteiger partial charge is 0.209 e. The van der Waals surface area contributed by atoms with Crippen LogP contribution in [-0.4, -0.2) is 10.8 Å². The standard InChI is InChI=1S/C11H7Cl2NO/c12-8-6-9(14-11(8)13)10(15)7-4-2-1-3-5-7/h1-6,14H. The summed E-state index contributed by atoms with van der Waals surface area (Å²) in [7, 11) is 0. The van der Waals surface area contributed by atoms with Crippen LogP contribution in [0.3, 0.4) is 0 Å². The van der Waals surface area contributed by atoms with Gasteiger partial charge in [0.2, 0.25) is 5.78 Å². The van der Waals surface area contributed by atoms with E-state index in [0.717, 1.165) is 0 Å². The van der Waals surface area contributed by atoms with E-state index in [1.807, 2.05) is 6.07 Å². The summed E-state index contributed by atoms with van der Waals surface area (Å²) >= 11 is 11.5. The third kappa shape index (κ3) is 2.06. The van der Waals surface area contributed by atoms with Gasteiger partial charge in [0.05, 0.1) is 10.7 Å². The van der Waals surface area contributed by atoms with Crippen molar-refractivity contribution < 1.29 is 4.79 Å². The van der Waals surface area contributed by atoms with Crippen molar-refractivity contribution in [2.24, 2.45) is 0 Å². The van der Waals surface area contributed by atoms with Crippen molar-refractivity contribution in [2.45, 2.75) is 0 Å². The Morgan fingerprint density at radius 3 is 2.33 bits per heavy atom.